The third-order valence-corrected chi connectivity index (χ3v) is 3.84. The average molecular weight is 279 g/mol. The van der Waals surface area contributed by atoms with E-state index in [-0.39, 0.29) is 12.1 Å². The van der Waals surface area contributed by atoms with Crippen LogP contribution in [0, 0.1) is 6.92 Å². The van der Waals surface area contributed by atoms with Crippen LogP contribution < -0.4 is 16.0 Å². The SMILES string of the molecule is COc1ccc(C)cc1CC(NN)C1CN(C)CCO1. The van der Waals surface area contributed by atoms with Crippen LogP contribution in [0.3, 0.4) is 0 Å². The van der Waals surface area contributed by atoms with E-state index in [1.54, 1.807) is 7.11 Å². The Morgan fingerprint density at radius 3 is 3.00 bits per heavy atom. The summed E-state index contributed by atoms with van der Waals surface area (Å²) < 4.78 is 11.3. The summed E-state index contributed by atoms with van der Waals surface area (Å²) in [5, 5.41) is 0. The topological polar surface area (TPSA) is 59.8 Å². The van der Waals surface area contributed by atoms with Gasteiger partial charge in [0.05, 0.1) is 25.9 Å². The molecule has 1 aromatic rings. The molecule has 2 unspecified atom stereocenters. The molecule has 0 spiro atoms. The summed E-state index contributed by atoms with van der Waals surface area (Å²) in [5.74, 6) is 6.64. The zero-order valence-electron chi connectivity index (χ0n) is 12.6. The van der Waals surface area contributed by atoms with Crippen LogP contribution in [0.25, 0.3) is 0 Å². The summed E-state index contributed by atoms with van der Waals surface area (Å²) in [6.07, 6.45) is 0.892. The Balaban J connectivity index is 2.11. The Labute approximate surface area is 121 Å². The van der Waals surface area contributed by atoms with Crippen LogP contribution in [-0.4, -0.2) is 50.9 Å². The summed E-state index contributed by atoms with van der Waals surface area (Å²) in [4.78, 5) is 2.27. The lowest BCUT2D eigenvalue weighted by atomic mass is 9.98. The number of nitrogens with one attached hydrogen (secondary N) is 1. The van der Waals surface area contributed by atoms with Gasteiger partial charge in [0.15, 0.2) is 0 Å². The van der Waals surface area contributed by atoms with Crippen LogP contribution in [0.15, 0.2) is 18.2 Å². The molecule has 5 heteroatoms. The van der Waals surface area contributed by atoms with Crippen molar-refractivity contribution in [2.24, 2.45) is 5.84 Å². The third-order valence-electron chi connectivity index (χ3n) is 3.84. The fraction of sp³-hybridized carbons (Fsp3) is 0.600. The number of rotatable bonds is 5. The molecule has 1 fully saturated rings. The number of nitrogens with two attached hydrogens (primary N) is 1. The highest BCUT2D eigenvalue weighted by Crippen LogP contribution is 2.22. The van der Waals surface area contributed by atoms with Gasteiger partial charge in [-0.05, 0) is 32.0 Å². The Hall–Kier alpha value is -1.14. The molecule has 0 bridgehead atoms. The number of aryl methyl sites for hydroxylation is 1. The van der Waals surface area contributed by atoms with Crippen molar-refractivity contribution in [2.45, 2.75) is 25.5 Å². The van der Waals surface area contributed by atoms with E-state index in [0.717, 1.165) is 37.4 Å². The van der Waals surface area contributed by atoms with Gasteiger partial charge in [-0.25, -0.2) is 0 Å². The van der Waals surface area contributed by atoms with E-state index >= 15 is 0 Å². The molecule has 1 aliphatic rings. The normalized spacial score (nSPS) is 21.7. The monoisotopic (exact) mass is 279 g/mol. The lowest BCUT2D eigenvalue weighted by Crippen LogP contribution is -2.54. The molecule has 1 aromatic carbocycles. The molecule has 0 saturated carbocycles. The number of ether oxygens (including phenoxy) is 2. The number of morpholine rings is 1. The van der Waals surface area contributed by atoms with Gasteiger partial charge < -0.3 is 14.4 Å². The summed E-state index contributed by atoms with van der Waals surface area (Å²) in [5.41, 5.74) is 5.28. The second-order valence-electron chi connectivity index (χ2n) is 5.46. The number of hydrogen-bond acceptors (Lipinski definition) is 5. The molecule has 1 aliphatic heterocycles. The molecule has 20 heavy (non-hydrogen) atoms. The van der Waals surface area contributed by atoms with E-state index in [1.807, 2.05) is 6.07 Å². The minimum absolute atomic E-state index is 0.0773. The molecule has 0 aromatic heterocycles. The van der Waals surface area contributed by atoms with Crippen molar-refractivity contribution in [1.29, 1.82) is 0 Å². The van der Waals surface area contributed by atoms with E-state index < -0.39 is 0 Å². The second-order valence-corrected chi connectivity index (χ2v) is 5.46. The maximum absolute atomic E-state index is 5.85. The van der Waals surface area contributed by atoms with Crippen molar-refractivity contribution in [3.05, 3.63) is 29.3 Å². The Kier molecular flexibility index (Phi) is 5.37. The van der Waals surface area contributed by atoms with Gasteiger partial charge in [-0.15, -0.1) is 0 Å². The second kappa shape index (κ2) is 7.04. The molecular weight excluding hydrogens is 254 g/mol. The van der Waals surface area contributed by atoms with Crippen LogP contribution in [0.5, 0.6) is 5.75 Å². The first-order valence-corrected chi connectivity index (χ1v) is 7.04. The smallest absolute Gasteiger partial charge is 0.122 e. The van der Waals surface area contributed by atoms with Gasteiger partial charge in [0.2, 0.25) is 0 Å². The zero-order valence-corrected chi connectivity index (χ0v) is 12.6. The largest absolute Gasteiger partial charge is 0.496 e. The molecule has 1 saturated heterocycles. The van der Waals surface area contributed by atoms with E-state index in [1.165, 1.54) is 5.56 Å². The van der Waals surface area contributed by atoms with Gasteiger partial charge >= 0.3 is 0 Å². The molecule has 2 atom stereocenters. The number of hydrazine groups is 1. The molecule has 0 amide bonds. The summed E-state index contributed by atoms with van der Waals surface area (Å²) in [6.45, 7) is 4.70. The molecule has 0 aliphatic carbocycles. The van der Waals surface area contributed by atoms with E-state index in [4.69, 9.17) is 15.3 Å². The quantitative estimate of drug-likeness (QED) is 0.614. The van der Waals surface area contributed by atoms with Gasteiger partial charge in [-0.2, -0.15) is 0 Å². The van der Waals surface area contributed by atoms with Crippen molar-refractivity contribution >= 4 is 0 Å². The van der Waals surface area contributed by atoms with Crippen LogP contribution in [0.2, 0.25) is 0 Å². The fourth-order valence-corrected chi connectivity index (χ4v) is 2.66. The Bertz CT molecular complexity index is 439. The summed E-state index contributed by atoms with van der Waals surface area (Å²) in [7, 11) is 3.81. The predicted molar refractivity (Wildman–Crippen MR) is 79.8 cm³/mol. The van der Waals surface area contributed by atoms with E-state index in [9.17, 15) is 0 Å². The number of benzene rings is 1. The first-order chi connectivity index (χ1) is 9.63. The minimum Gasteiger partial charge on any atom is -0.496 e. The molecule has 112 valence electrons. The van der Waals surface area contributed by atoms with Gasteiger partial charge in [0, 0.05) is 13.1 Å². The average Bonchev–Trinajstić information content (AvgIpc) is 2.45. The van der Waals surface area contributed by atoms with Gasteiger partial charge in [0.1, 0.15) is 5.75 Å². The number of hydrogen-bond donors (Lipinski definition) is 2. The first-order valence-electron chi connectivity index (χ1n) is 7.04. The lowest BCUT2D eigenvalue weighted by molar-refractivity contribution is -0.0385. The maximum Gasteiger partial charge on any atom is 0.122 e. The first kappa shape index (κ1) is 15.3. The van der Waals surface area contributed by atoms with Gasteiger partial charge in [-0.1, -0.05) is 17.7 Å². The molecule has 5 nitrogen and oxygen atoms in total. The van der Waals surface area contributed by atoms with Crippen LogP contribution in [0.1, 0.15) is 11.1 Å². The predicted octanol–water partition coefficient (Wildman–Crippen LogP) is 0.709. The zero-order chi connectivity index (χ0) is 14.5. The highest BCUT2D eigenvalue weighted by atomic mass is 16.5. The Morgan fingerprint density at radius 1 is 1.55 bits per heavy atom. The maximum atomic E-state index is 5.85. The van der Waals surface area contributed by atoms with Crippen LogP contribution in [0.4, 0.5) is 0 Å². The summed E-state index contributed by atoms with van der Waals surface area (Å²) in [6, 6.07) is 6.29. The van der Waals surface area contributed by atoms with Gasteiger partial charge in [0.25, 0.3) is 0 Å². The molecular formula is C15H25N3O2. The highest BCUT2D eigenvalue weighted by Gasteiger charge is 2.27. The summed E-state index contributed by atoms with van der Waals surface area (Å²) >= 11 is 0. The standard InChI is InChI=1S/C15H25N3O2/c1-11-4-5-14(19-3)12(8-11)9-13(17-16)15-10-18(2)6-7-20-15/h4-5,8,13,15,17H,6-7,9-10,16H2,1-3H3. The van der Waals surface area contributed by atoms with Gasteiger partial charge in [-0.3, -0.25) is 11.3 Å². The number of nitrogens with zero attached hydrogens (tertiary/aromatic N) is 1. The third kappa shape index (κ3) is 3.70. The molecule has 0 radical (unpaired) electrons. The number of likely N-dealkylation sites (N-methyl/N-ethyl adjacent to an activating group) is 1. The van der Waals surface area contributed by atoms with Crippen molar-refractivity contribution in [3.8, 4) is 5.75 Å². The van der Waals surface area contributed by atoms with E-state index in [0.29, 0.717) is 0 Å². The molecule has 3 N–H and O–H groups in total. The molecule has 1 heterocycles. The number of methoxy groups -OCH3 is 1. The lowest BCUT2D eigenvalue weighted by Gasteiger charge is -2.35. The van der Waals surface area contributed by atoms with Crippen LogP contribution >= 0.6 is 0 Å². The minimum atomic E-state index is 0.0773. The Morgan fingerprint density at radius 2 is 2.35 bits per heavy atom. The fourth-order valence-electron chi connectivity index (χ4n) is 2.66. The van der Waals surface area contributed by atoms with Crippen LogP contribution in [-0.2, 0) is 11.2 Å². The molecule has 2 rings (SSSR count). The van der Waals surface area contributed by atoms with E-state index in [2.05, 4.69) is 36.4 Å². The highest BCUT2D eigenvalue weighted by molar-refractivity contribution is 5.37. The van der Waals surface area contributed by atoms with Crippen molar-refractivity contribution in [3.63, 3.8) is 0 Å². The van der Waals surface area contributed by atoms with Crippen molar-refractivity contribution < 1.29 is 9.47 Å². The van der Waals surface area contributed by atoms with Crippen molar-refractivity contribution in [1.82, 2.24) is 10.3 Å². The van der Waals surface area contributed by atoms with Crippen molar-refractivity contribution in [2.75, 3.05) is 33.9 Å².